The number of fused-ring (bicyclic) bond motifs is 2. The Morgan fingerprint density at radius 1 is 1.06 bits per heavy atom. The van der Waals surface area contributed by atoms with Gasteiger partial charge in [-0.2, -0.15) is 28.8 Å². The Kier molecular flexibility index (Phi) is 3.97. The van der Waals surface area contributed by atoms with Gasteiger partial charge in [0.1, 0.15) is 17.6 Å². The number of nitrogens with zero attached hydrogens (tertiary/aromatic N) is 8. The lowest BCUT2D eigenvalue weighted by Gasteiger charge is -2.15. The molecule has 4 aromatic heterocycles. The van der Waals surface area contributed by atoms with Gasteiger partial charge < -0.3 is 0 Å². The van der Waals surface area contributed by atoms with E-state index in [1.165, 1.54) is 29.2 Å². The van der Waals surface area contributed by atoms with Gasteiger partial charge >= 0.3 is 5.92 Å². The average Bonchev–Trinajstić information content (AvgIpc) is 3.35. The summed E-state index contributed by atoms with van der Waals surface area (Å²) in [6.07, 6.45) is 2.93. The van der Waals surface area contributed by atoms with Gasteiger partial charge in [-0.1, -0.05) is 0 Å². The molecule has 0 amide bonds. The lowest BCUT2D eigenvalue weighted by molar-refractivity contribution is 0.0270. The van der Waals surface area contributed by atoms with E-state index in [0.717, 1.165) is 16.6 Å². The molecule has 0 N–H and O–H groups in total. The van der Waals surface area contributed by atoms with Crippen molar-refractivity contribution < 1.29 is 13.2 Å². The number of benzene rings is 1. The number of hydrogen-bond acceptors (Lipinski definition) is 6. The first-order valence-electron chi connectivity index (χ1n) is 8.97. The summed E-state index contributed by atoms with van der Waals surface area (Å²) in [4.78, 5) is 3.96. The van der Waals surface area contributed by atoms with E-state index in [4.69, 9.17) is 5.26 Å². The van der Waals surface area contributed by atoms with Gasteiger partial charge in [0.2, 0.25) is 5.82 Å². The number of nitriles is 1. The van der Waals surface area contributed by atoms with Crippen molar-refractivity contribution in [3.8, 4) is 17.3 Å². The first kappa shape index (κ1) is 18.7. The van der Waals surface area contributed by atoms with E-state index in [9.17, 15) is 4.39 Å². The molecule has 1 aromatic carbocycles. The van der Waals surface area contributed by atoms with Gasteiger partial charge in [0.25, 0.3) is 0 Å². The molecule has 0 fully saturated rings. The van der Waals surface area contributed by atoms with Crippen LogP contribution in [0, 0.1) is 17.1 Å². The maximum Gasteiger partial charge on any atom is 0.336 e. The van der Waals surface area contributed by atoms with Crippen LogP contribution >= 0.6 is 0 Å². The number of alkyl halides is 2. The minimum absolute atomic E-state index is 0.0721. The van der Waals surface area contributed by atoms with Gasteiger partial charge in [-0.05, 0) is 30.3 Å². The summed E-state index contributed by atoms with van der Waals surface area (Å²) in [7, 11) is 1.62. The fraction of sp³-hybridized carbons (Fsp3) is 0.100. The third-order valence-corrected chi connectivity index (χ3v) is 4.76. The van der Waals surface area contributed by atoms with Crippen molar-refractivity contribution in [2.45, 2.75) is 5.92 Å². The van der Waals surface area contributed by atoms with Crippen LogP contribution < -0.4 is 0 Å². The Morgan fingerprint density at radius 3 is 2.65 bits per heavy atom. The fourth-order valence-corrected chi connectivity index (χ4v) is 3.28. The topological polar surface area (TPSA) is 97.6 Å². The minimum Gasteiger partial charge on any atom is -0.275 e. The Morgan fingerprint density at radius 2 is 1.90 bits per heavy atom. The minimum atomic E-state index is -3.82. The van der Waals surface area contributed by atoms with Gasteiger partial charge in [0, 0.05) is 36.5 Å². The lowest BCUT2D eigenvalue weighted by atomic mass is 10.0. The SMILES string of the molecule is Cn1cc2cc(C(F)(F)c3nnc4ccc(-c5ccc(C#N)nc5)nn34)c(F)cc2n1. The van der Waals surface area contributed by atoms with Crippen LogP contribution in [0.5, 0.6) is 0 Å². The van der Waals surface area contributed by atoms with E-state index in [-0.39, 0.29) is 16.9 Å². The highest BCUT2D eigenvalue weighted by molar-refractivity contribution is 5.79. The molecule has 31 heavy (non-hydrogen) atoms. The molecular weight excluding hydrogens is 409 g/mol. The Labute approximate surface area is 172 Å². The second-order valence-corrected chi connectivity index (χ2v) is 6.82. The zero-order valence-corrected chi connectivity index (χ0v) is 15.8. The van der Waals surface area contributed by atoms with Crippen molar-refractivity contribution in [3.05, 3.63) is 71.7 Å². The maximum atomic E-state index is 15.4. The van der Waals surface area contributed by atoms with E-state index in [1.54, 1.807) is 19.2 Å². The molecule has 5 rings (SSSR count). The zero-order valence-electron chi connectivity index (χ0n) is 15.8. The average molecular weight is 420 g/mol. The molecule has 0 bridgehead atoms. The van der Waals surface area contributed by atoms with E-state index < -0.39 is 23.1 Å². The molecule has 8 nitrogen and oxygen atoms in total. The molecule has 0 aliphatic heterocycles. The van der Waals surface area contributed by atoms with E-state index in [0.29, 0.717) is 16.6 Å². The molecule has 0 radical (unpaired) electrons. The van der Waals surface area contributed by atoms with Crippen LogP contribution in [0.4, 0.5) is 13.2 Å². The number of rotatable bonds is 3. The lowest BCUT2D eigenvalue weighted by Crippen LogP contribution is -2.22. The number of hydrogen-bond donors (Lipinski definition) is 0. The van der Waals surface area contributed by atoms with Crippen molar-refractivity contribution in [1.82, 2.24) is 34.6 Å². The van der Waals surface area contributed by atoms with Crippen molar-refractivity contribution >= 4 is 16.6 Å². The number of aromatic nitrogens is 7. The molecule has 0 aliphatic rings. The van der Waals surface area contributed by atoms with Crippen LogP contribution in [0.2, 0.25) is 0 Å². The molecule has 0 spiro atoms. The largest absolute Gasteiger partial charge is 0.336 e. The van der Waals surface area contributed by atoms with Gasteiger partial charge in [-0.15, -0.1) is 10.2 Å². The quantitative estimate of drug-likeness (QED) is 0.445. The summed E-state index contributed by atoms with van der Waals surface area (Å²) in [5, 5.41) is 24.8. The molecule has 0 atom stereocenters. The molecular formula is C20H11F3N8. The summed E-state index contributed by atoms with van der Waals surface area (Å²) in [6, 6.07) is 10.0. The summed E-state index contributed by atoms with van der Waals surface area (Å²) in [5.41, 5.74) is 0.510. The molecule has 0 saturated carbocycles. The van der Waals surface area contributed by atoms with Crippen LogP contribution in [-0.2, 0) is 13.0 Å². The monoisotopic (exact) mass is 420 g/mol. The van der Waals surface area contributed by atoms with Crippen LogP contribution in [-0.4, -0.2) is 34.6 Å². The van der Waals surface area contributed by atoms with E-state index >= 15 is 8.78 Å². The van der Waals surface area contributed by atoms with E-state index in [2.05, 4.69) is 25.4 Å². The smallest absolute Gasteiger partial charge is 0.275 e. The third kappa shape index (κ3) is 2.96. The second kappa shape index (κ2) is 6.60. The van der Waals surface area contributed by atoms with Gasteiger partial charge in [-0.25, -0.2) is 9.37 Å². The molecule has 0 aliphatic carbocycles. The van der Waals surface area contributed by atoms with Gasteiger partial charge in [0.15, 0.2) is 5.65 Å². The summed E-state index contributed by atoms with van der Waals surface area (Å²) < 4.78 is 47.7. The zero-order chi connectivity index (χ0) is 21.8. The molecule has 5 aromatic rings. The van der Waals surface area contributed by atoms with Crippen LogP contribution in [0.25, 0.3) is 27.8 Å². The van der Waals surface area contributed by atoms with Crippen LogP contribution in [0.15, 0.2) is 48.8 Å². The standard InChI is InChI=1S/C20H11F3N8/c1-30-10-12-6-14(15(21)7-17(12)28-30)20(22,23)19-27-26-18-5-4-16(29-31(18)19)11-2-3-13(8-24)25-9-11/h2-7,9-10H,1H3. The second-order valence-electron chi connectivity index (χ2n) is 6.82. The van der Waals surface area contributed by atoms with Crippen molar-refractivity contribution in [2.24, 2.45) is 7.05 Å². The van der Waals surface area contributed by atoms with Crippen molar-refractivity contribution in [1.29, 1.82) is 5.26 Å². The van der Waals surface area contributed by atoms with Gasteiger partial charge in [-0.3, -0.25) is 4.68 Å². The molecule has 0 unspecified atom stereocenters. The fourth-order valence-electron chi connectivity index (χ4n) is 3.28. The molecule has 0 saturated heterocycles. The number of halogens is 3. The molecule has 4 heterocycles. The summed E-state index contributed by atoms with van der Waals surface area (Å²) >= 11 is 0. The summed E-state index contributed by atoms with van der Waals surface area (Å²) in [6.45, 7) is 0. The normalized spacial score (nSPS) is 11.8. The highest BCUT2D eigenvalue weighted by atomic mass is 19.3. The Bertz CT molecular complexity index is 1500. The predicted octanol–water partition coefficient (Wildman–Crippen LogP) is 3.22. The summed E-state index contributed by atoms with van der Waals surface area (Å²) in [5.74, 6) is -5.75. The van der Waals surface area contributed by atoms with Gasteiger partial charge in [0.05, 0.1) is 16.8 Å². The highest BCUT2D eigenvalue weighted by Gasteiger charge is 2.42. The number of aryl methyl sites for hydroxylation is 1. The third-order valence-electron chi connectivity index (χ3n) is 4.76. The molecule has 152 valence electrons. The Balaban J connectivity index is 1.65. The van der Waals surface area contributed by atoms with Crippen molar-refractivity contribution in [2.75, 3.05) is 0 Å². The van der Waals surface area contributed by atoms with Crippen LogP contribution in [0.3, 0.4) is 0 Å². The van der Waals surface area contributed by atoms with Crippen LogP contribution in [0.1, 0.15) is 17.1 Å². The number of pyridine rings is 1. The maximum absolute atomic E-state index is 15.4. The first-order chi connectivity index (χ1) is 14.9. The molecule has 11 heteroatoms. The Hall–Kier alpha value is -4.33. The highest BCUT2D eigenvalue weighted by Crippen LogP contribution is 2.37. The van der Waals surface area contributed by atoms with E-state index in [1.807, 2.05) is 6.07 Å². The van der Waals surface area contributed by atoms with Crippen molar-refractivity contribution in [3.63, 3.8) is 0 Å². The predicted molar refractivity (Wildman–Crippen MR) is 102 cm³/mol. The first-order valence-corrected chi connectivity index (χ1v) is 8.97.